The summed E-state index contributed by atoms with van der Waals surface area (Å²) in [5.74, 6) is 0.145. The maximum absolute atomic E-state index is 12.1. The van der Waals surface area contributed by atoms with Crippen LogP contribution in [0.4, 0.5) is 0 Å². The summed E-state index contributed by atoms with van der Waals surface area (Å²) in [7, 11) is 0. The molecule has 2 aromatic carbocycles. The highest BCUT2D eigenvalue weighted by Gasteiger charge is 2.17. The molecule has 0 saturated carbocycles. The molecule has 0 heterocycles. The number of aryl methyl sites for hydroxylation is 1. The van der Waals surface area contributed by atoms with Crippen molar-refractivity contribution in [1.82, 2.24) is 0 Å². The minimum absolute atomic E-state index is 0.146. The molecule has 4 nitrogen and oxygen atoms in total. The topological polar surface area (TPSA) is 59.3 Å². The van der Waals surface area contributed by atoms with E-state index in [1.807, 2.05) is 37.3 Å². The second-order valence-electron chi connectivity index (χ2n) is 4.86. The van der Waals surface area contributed by atoms with Crippen molar-refractivity contribution < 1.29 is 14.3 Å². The molecule has 124 valence electrons. The molecule has 0 aliphatic rings. The summed E-state index contributed by atoms with van der Waals surface area (Å²) >= 11 is 7.52. The van der Waals surface area contributed by atoms with Gasteiger partial charge in [0.1, 0.15) is 0 Å². The van der Waals surface area contributed by atoms with E-state index < -0.39 is 5.97 Å². The Bertz CT molecular complexity index is 786. The fourth-order valence-corrected chi connectivity index (χ4v) is 3.04. The van der Waals surface area contributed by atoms with E-state index in [1.165, 1.54) is 23.9 Å². The molecule has 0 saturated heterocycles. The lowest BCUT2D eigenvalue weighted by molar-refractivity contribution is -0.131. The van der Waals surface area contributed by atoms with Crippen LogP contribution in [0.15, 0.2) is 41.3 Å². The smallest absolute Gasteiger partial charge is 0.321 e. The summed E-state index contributed by atoms with van der Waals surface area (Å²) < 4.78 is 10.8. The third kappa shape index (κ3) is 4.67. The molecule has 0 fully saturated rings. The summed E-state index contributed by atoms with van der Waals surface area (Å²) in [6, 6.07) is 12.7. The lowest BCUT2D eigenvalue weighted by Crippen LogP contribution is -2.12. The first kappa shape index (κ1) is 18.2. The zero-order valence-corrected chi connectivity index (χ0v) is 14.9. The normalized spacial score (nSPS) is 10.1. The van der Waals surface area contributed by atoms with Crippen LogP contribution in [0.3, 0.4) is 0 Å². The summed E-state index contributed by atoms with van der Waals surface area (Å²) in [5.41, 5.74) is 1.44. The molecule has 0 aliphatic heterocycles. The number of rotatable bonds is 6. The summed E-state index contributed by atoms with van der Waals surface area (Å²) in [6.07, 6.45) is 0. The van der Waals surface area contributed by atoms with Crippen molar-refractivity contribution in [3.63, 3.8) is 0 Å². The Hall–Kier alpha value is -2.16. The van der Waals surface area contributed by atoms with E-state index in [0.717, 1.165) is 10.5 Å². The van der Waals surface area contributed by atoms with Crippen molar-refractivity contribution >= 4 is 29.3 Å². The highest BCUT2D eigenvalue weighted by molar-refractivity contribution is 8.00. The maximum atomic E-state index is 12.1. The molecular weight excluding hydrogens is 346 g/mol. The minimum Gasteiger partial charge on any atom is -0.490 e. The lowest BCUT2D eigenvalue weighted by Gasteiger charge is -2.12. The number of ether oxygens (including phenoxy) is 2. The van der Waals surface area contributed by atoms with Crippen molar-refractivity contribution in [2.24, 2.45) is 0 Å². The summed E-state index contributed by atoms with van der Waals surface area (Å²) in [4.78, 5) is 13.2. The zero-order chi connectivity index (χ0) is 17.5. The number of benzene rings is 2. The third-order valence-corrected chi connectivity index (χ3v) is 4.52. The maximum Gasteiger partial charge on any atom is 0.321 e. The minimum atomic E-state index is -0.434. The number of halogens is 1. The van der Waals surface area contributed by atoms with Crippen LogP contribution in [0.1, 0.15) is 18.1 Å². The van der Waals surface area contributed by atoms with Gasteiger partial charge in [0.2, 0.25) is 0 Å². The Morgan fingerprint density at radius 2 is 2.08 bits per heavy atom. The summed E-state index contributed by atoms with van der Waals surface area (Å²) in [6.45, 7) is 4.15. The van der Waals surface area contributed by atoms with Crippen molar-refractivity contribution in [3.05, 3.63) is 52.5 Å². The molecule has 0 unspecified atom stereocenters. The molecule has 6 heteroatoms. The molecule has 0 atom stereocenters. The number of carbonyl (C=O) groups is 1. The molecule has 0 radical (unpaired) electrons. The molecule has 0 spiro atoms. The third-order valence-electron chi connectivity index (χ3n) is 3.09. The van der Waals surface area contributed by atoms with Gasteiger partial charge in [0.15, 0.2) is 11.5 Å². The van der Waals surface area contributed by atoms with E-state index in [9.17, 15) is 4.79 Å². The predicted molar refractivity (Wildman–Crippen MR) is 94.9 cm³/mol. The number of esters is 1. The number of carbonyl (C=O) groups excluding carboxylic acids is 1. The van der Waals surface area contributed by atoms with Gasteiger partial charge in [0, 0.05) is 11.0 Å². The lowest BCUT2D eigenvalue weighted by atomic mass is 10.2. The van der Waals surface area contributed by atoms with Crippen LogP contribution < -0.4 is 9.47 Å². The van der Waals surface area contributed by atoms with Gasteiger partial charge in [-0.25, -0.2) is 0 Å². The molecule has 0 aromatic heterocycles. The van der Waals surface area contributed by atoms with E-state index in [4.69, 9.17) is 26.3 Å². The van der Waals surface area contributed by atoms with Crippen molar-refractivity contribution in [1.29, 1.82) is 5.26 Å². The van der Waals surface area contributed by atoms with Gasteiger partial charge in [0.25, 0.3) is 0 Å². The molecule has 24 heavy (non-hydrogen) atoms. The van der Waals surface area contributed by atoms with Gasteiger partial charge >= 0.3 is 5.97 Å². The van der Waals surface area contributed by atoms with Crippen LogP contribution in [-0.2, 0) is 4.79 Å². The molecule has 0 N–H and O–H groups in total. The quantitative estimate of drug-likeness (QED) is 0.427. The van der Waals surface area contributed by atoms with Gasteiger partial charge in [-0.05, 0) is 31.5 Å². The van der Waals surface area contributed by atoms with E-state index in [2.05, 4.69) is 0 Å². The first-order valence-corrected chi connectivity index (χ1v) is 8.67. The largest absolute Gasteiger partial charge is 0.490 e. The Morgan fingerprint density at radius 1 is 1.33 bits per heavy atom. The number of thioether (sulfide) groups is 1. The highest BCUT2D eigenvalue weighted by Crippen LogP contribution is 2.37. The van der Waals surface area contributed by atoms with Crippen molar-refractivity contribution in [2.45, 2.75) is 18.7 Å². The average molecular weight is 362 g/mol. The van der Waals surface area contributed by atoms with Crippen LogP contribution in [0, 0.1) is 18.3 Å². The average Bonchev–Trinajstić information content (AvgIpc) is 2.57. The van der Waals surface area contributed by atoms with E-state index in [-0.39, 0.29) is 22.3 Å². The molecule has 0 bridgehead atoms. The molecule has 2 aromatic rings. The predicted octanol–water partition coefficient (Wildman–Crippen LogP) is 4.62. The SMILES string of the molecule is CCOc1cc(C#N)cc(Cl)c1OC(=O)CSc1ccccc1C. The second kappa shape index (κ2) is 8.62. The molecular formula is C18H16ClNO3S. The van der Waals surface area contributed by atoms with Crippen LogP contribution >= 0.6 is 23.4 Å². The fourth-order valence-electron chi connectivity index (χ4n) is 1.99. The number of hydrogen-bond donors (Lipinski definition) is 0. The van der Waals surface area contributed by atoms with Crippen molar-refractivity contribution in [3.8, 4) is 17.6 Å². The number of nitriles is 1. The first-order valence-electron chi connectivity index (χ1n) is 7.30. The zero-order valence-electron chi connectivity index (χ0n) is 13.3. The summed E-state index contributed by atoms with van der Waals surface area (Å²) in [5, 5.41) is 9.16. The molecule has 2 rings (SSSR count). The van der Waals surface area contributed by atoms with Crippen LogP contribution in [-0.4, -0.2) is 18.3 Å². The second-order valence-corrected chi connectivity index (χ2v) is 6.28. The fraction of sp³-hybridized carbons (Fsp3) is 0.222. The Morgan fingerprint density at radius 3 is 2.75 bits per heavy atom. The van der Waals surface area contributed by atoms with Gasteiger partial charge in [0.05, 0.1) is 29.0 Å². The molecule has 0 aliphatic carbocycles. The monoisotopic (exact) mass is 361 g/mol. The Kier molecular flexibility index (Phi) is 6.53. The van der Waals surface area contributed by atoms with Crippen molar-refractivity contribution in [2.75, 3.05) is 12.4 Å². The molecule has 0 amide bonds. The van der Waals surface area contributed by atoms with Crippen LogP contribution in [0.25, 0.3) is 0 Å². The Labute approximate surface area is 150 Å². The van der Waals surface area contributed by atoms with Crippen LogP contribution in [0.2, 0.25) is 5.02 Å². The van der Waals surface area contributed by atoms with Gasteiger partial charge < -0.3 is 9.47 Å². The van der Waals surface area contributed by atoms with Crippen LogP contribution in [0.5, 0.6) is 11.5 Å². The van der Waals surface area contributed by atoms with Gasteiger partial charge in [-0.1, -0.05) is 29.8 Å². The first-order chi connectivity index (χ1) is 11.5. The van der Waals surface area contributed by atoms with Gasteiger partial charge in [-0.3, -0.25) is 4.79 Å². The number of nitrogens with zero attached hydrogens (tertiary/aromatic N) is 1. The highest BCUT2D eigenvalue weighted by atomic mass is 35.5. The van der Waals surface area contributed by atoms with E-state index in [1.54, 1.807) is 6.92 Å². The van der Waals surface area contributed by atoms with Gasteiger partial charge in [-0.2, -0.15) is 5.26 Å². The van der Waals surface area contributed by atoms with Gasteiger partial charge in [-0.15, -0.1) is 11.8 Å². The van der Waals surface area contributed by atoms with E-state index >= 15 is 0 Å². The van der Waals surface area contributed by atoms with E-state index in [0.29, 0.717) is 12.2 Å². The standard InChI is InChI=1S/C18H16ClNO3S/c1-3-22-15-9-13(10-20)8-14(19)18(15)23-17(21)11-24-16-7-5-4-6-12(16)2/h4-9H,3,11H2,1-2H3. The Balaban J connectivity index is 2.11. The number of hydrogen-bond acceptors (Lipinski definition) is 5.